The second kappa shape index (κ2) is 7.35. The van der Waals surface area contributed by atoms with Gasteiger partial charge in [-0.15, -0.1) is 0 Å². The van der Waals surface area contributed by atoms with Crippen molar-refractivity contribution in [2.75, 3.05) is 24.6 Å². The third-order valence-electron chi connectivity index (χ3n) is 4.57. The molecule has 2 aromatic rings. The van der Waals surface area contributed by atoms with E-state index < -0.39 is 0 Å². The summed E-state index contributed by atoms with van der Waals surface area (Å²) < 4.78 is 5.96. The number of ether oxygens (including phenoxy) is 1. The van der Waals surface area contributed by atoms with E-state index in [-0.39, 0.29) is 10.6 Å². The molecule has 0 amide bonds. The lowest BCUT2D eigenvalue weighted by atomic mass is 10.0. The summed E-state index contributed by atoms with van der Waals surface area (Å²) in [7, 11) is 0. The van der Waals surface area contributed by atoms with E-state index >= 15 is 0 Å². The van der Waals surface area contributed by atoms with Gasteiger partial charge >= 0.3 is 0 Å². The Morgan fingerprint density at radius 1 is 1.36 bits per heavy atom. The Balaban J connectivity index is 1.85. The highest BCUT2D eigenvalue weighted by Gasteiger charge is 2.23. The number of benzene rings is 1. The zero-order chi connectivity index (χ0) is 18.0. The van der Waals surface area contributed by atoms with Crippen molar-refractivity contribution < 1.29 is 9.66 Å². The highest BCUT2D eigenvalue weighted by molar-refractivity contribution is 5.97. The molecular weight excluding hydrogens is 318 g/mol. The molecule has 0 spiro atoms. The van der Waals surface area contributed by atoms with Crippen LogP contribution in [0.5, 0.6) is 0 Å². The zero-order valence-corrected chi connectivity index (χ0v) is 15.1. The minimum absolute atomic E-state index is 0.0672. The first-order chi connectivity index (χ1) is 12.0. The smallest absolute Gasteiger partial charge is 0.295 e. The Labute approximate surface area is 148 Å². The number of nitrogens with zero attached hydrogens (tertiary/aromatic N) is 3. The predicted octanol–water partition coefficient (Wildman–Crippen LogP) is 4.09. The number of nitro groups is 1. The predicted molar refractivity (Wildman–Crippen MR) is 99.2 cm³/mol. The molecule has 134 valence electrons. The first kappa shape index (κ1) is 17.6. The number of non-ortho nitro benzene ring substituents is 1. The first-order valence-electron chi connectivity index (χ1n) is 8.87. The minimum Gasteiger partial charge on any atom is -0.378 e. The number of aryl methyl sites for hydroxylation is 1. The number of hydrogen-bond acceptors (Lipinski definition) is 5. The quantitative estimate of drug-likeness (QED) is 0.604. The van der Waals surface area contributed by atoms with Crippen LogP contribution >= 0.6 is 0 Å². The largest absolute Gasteiger partial charge is 0.378 e. The number of pyridine rings is 1. The molecule has 1 aromatic heterocycles. The van der Waals surface area contributed by atoms with E-state index in [9.17, 15) is 10.1 Å². The van der Waals surface area contributed by atoms with Gasteiger partial charge in [-0.3, -0.25) is 10.1 Å². The van der Waals surface area contributed by atoms with E-state index in [1.165, 1.54) is 6.07 Å². The molecule has 25 heavy (non-hydrogen) atoms. The van der Waals surface area contributed by atoms with Crippen LogP contribution in [0.2, 0.25) is 0 Å². The highest BCUT2D eigenvalue weighted by Crippen LogP contribution is 2.33. The summed E-state index contributed by atoms with van der Waals surface area (Å²) in [6.07, 6.45) is 2.26. The van der Waals surface area contributed by atoms with E-state index in [4.69, 9.17) is 4.74 Å². The number of rotatable bonds is 5. The Bertz CT molecular complexity index is 768. The van der Waals surface area contributed by atoms with Crippen LogP contribution < -0.4 is 4.90 Å². The van der Waals surface area contributed by atoms with E-state index in [0.717, 1.165) is 49.3 Å². The van der Waals surface area contributed by atoms with E-state index in [1.807, 2.05) is 19.1 Å². The number of piperidine rings is 1. The van der Waals surface area contributed by atoms with Crippen LogP contribution in [0.3, 0.4) is 0 Å². The van der Waals surface area contributed by atoms with Gasteiger partial charge in [-0.2, -0.15) is 0 Å². The normalized spacial score (nSPS) is 15.9. The van der Waals surface area contributed by atoms with E-state index in [1.54, 1.807) is 6.07 Å². The van der Waals surface area contributed by atoms with Crippen molar-refractivity contribution in [1.82, 2.24) is 4.98 Å². The number of para-hydroxylation sites is 1. The number of hydrogen-bond donors (Lipinski definition) is 0. The highest BCUT2D eigenvalue weighted by atomic mass is 16.6. The Hall–Kier alpha value is -2.21. The van der Waals surface area contributed by atoms with Crippen LogP contribution in [0.15, 0.2) is 24.3 Å². The van der Waals surface area contributed by atoms with Gasteiger partial charge in [0.15, 0.2) is 5.52 Å². The average molecular weight is 343 g/mol. The van der Waals surface area contributed by atoms with Gasteiger partial charge in [0.25, 0.3) is 5.69 Å². The molecule has 6 nitrogen and oxygen atoms in total. The number of nitro benzene ring substituents is 1. The molecular formula is C19H25N3O3. The van der Waals surface area contributed by atoms with Crippen molar-refractivity contribution in [2.45, 2.75) is 39.7 Å². The van der Waals surface area contributed by atoms with Crippen molar-refractivity contribution in [1.29, 1.82) is 0 Å². The molecule has 0 saturated carbocycles. The van der Waals surface area contributed by atoms with Crippen LogP contribution in [0.1, 0.15) is 32.4 Å². The third kappa shape index (κ3) is 3.90. The Morgan fingerprint density at radius 3 is 2.72 bits per heavy atom. The monoisotopic (exact) mass is 343 g/mol. The second-order valence-corrected chi connectivity index (χ2v) is 7.13. The molecule has 1 aromatic carbocycles. The van der Waals surface area contributed by atoms with Crippen molar-refractivity contribution >= 4 is 22.3 Å². The van der Waals surface area contributed by atoms with Crippen LogP contribution in [0.25, 0.3) is 10.9 Å². The molecule has 0 bridgehead atoms. The van der Waals surface area contributed by atoms with Crippen LogP contribution in [0, 0.1) is 23.0 Å². The van der Waals surface area contributed by atoms with Gasteiger partial charge in [0.1, 0.15) is 0 Å². The van der Waals surface area contributed by atoms with Crippen molar-refractivity contribution in [2.24, 2.45) is 5.92 Å². The van der Waals surface area contributed by atoms with Crippen molar-refractivity contribution in [3.05, 3.63) is 40.1 Å². The molecule has 0 radical (unpaired) electrons. The Morgan fingerprint density at radius 2 is 2.08 bits per heavy atom. The van der Waals surface area contributed by atoms with Gasteiger partial charge < -0.3 is 9.64 Å². The first-order valence-corrected chi connectivity index (χ1v) is 8.87. The zero-order valence-electron chi connectivity index (χ0n) is 15.1. The molecule has 1 fully saturated rings. The van der Waals surface area contributed by atoms with Gasteiger partial charge in [0.2, 0.25) is 0 Å². The fourth-order valence-corrected chi connectivity index (χ4v) is 3.34. The van der Waals surface area contributed by atoms with Gasteiger partial charge in [-0.1, -0.05) is 26.0 Å². The molecule has 6 heteroatoms. The third-order valence-corrected chi connectivity index (χ3v) is 4.57. The molecule has 2 heterocycles. The number of fused-ring (bicyclic) bond motifs is 1. The summed E-state index contributed by atoms with van der Waals surface area (Å²) >= 11 is 0. The summed E-state index contributed by atoms with van der Waals surface area (Å²) in [4.78, 5) is 17.7. The maximum Gasteiger partial charge on any atom is 0.295 e. The molecule has 0 N–H and O–H groups in total. The van der Waals surface area contributed by atoms with Crippen LogP contribution in [-0.4, -0.2) is 35.7 Å². The van der Waals surface area contributed by atoms with Gasteiger partial charge in [0, 0.05) is 42.5 Å². The van der Waals surface area contributed by atoms with Crippen molar-refractivity contribution in [3.8, 4) is 0 Å². The molecule has 0 atom stereocenters. The molecule has 3 rings (SSSR count). The molecule has 1 aliphatic rings. The molecule has 0 aliphatic carbocycles. The summed E-state index contributed by atoms with van der Waals surface area (Å²) in [6.45, 7) is 8.79. The second-order valence-electron chi connectivity index (χ2n) is 7.13. The fraction of sp³-hybridized carbons (Fsp3) is 0.526. The van der Waals surface area contributed by atoms with E-state index in [2.05, 4.69) is 23.7 Å². The Kier molecular flexibility index (Phi) is 5.18. The molecule has 0 unspecified atom stereocenters. The lowest BCUT2D eigenvalue weighted by Crippen LogP contribution is -2.37. The summed E-state index contributed by atoms with van der Waals surface area (Å²) in [5.74, 6) is 0.547. The summed E-state index contributed by atoms with van der Waals surface area (Å²) in [5.41, 5.74) is 2.38. The molecule has 1 saturated heterocycles. The maximum absolute atomic E-state index is 11.3. The van der Waals surface area contributed by atoms with Gasteiger partial charge in [-0.25, -0.2) is 4.98 Å². The standard InChI is InChI=1S/C19H25N3O3/c1-13(2)12-25-15-7-9-21(10-8-15)18-11-14(3)20-19-16(18)5-4-6-17(19)22(23)24/h4-6,11,13,15H,7-10,12H2,1-3H3. The van der Waals surface area contributed by atoms with Gasteiger partial charge in [-0.05, 0) is 31.7 Å². The summed E-state index contributed by atoms with van der Waals surface area (Å²) in [6, 6.07) is 7.21. The summed E-state index contributed by atoms with van der Waals surface area (Å²) in [5, 5.41) is 12.2. The van der Waals surface area contributed by atoms with Crippen molar-refractivity contribution in [3.63, 3.8) is 0 Å². The topological polar surface area (TPSA) is 68.5 Å². The van der Waals surface area contributed by atoms with E-state index in [0.29, 0.717) is 17.5 Å². The number of anilines is 1. The lowest BCUT2D eigenvalue weighted by Gasteiger charge is -2.34. The number of aromatic nitrogens is 1. The molecule has 1 aliphatic heterocycles. The van der Waals surface area contributed by atoms with Gasteiger partial charge in [0.05, 0.1) is 11.0 Å². The lowest BCUT2D eigenvalue weighted by molar-refractivity contribution is -0.383. The average Bonchev–Trinajstić information content (AvgIpc) is 2.59. The minimum atomic E-state index is -0.357. The maximum atomic E-state index is 11.3. The van der Waals surface area contributed by atoms with Crippen LogP contribution in [0.4, 0.5) is 11.4 Å². The van der Waals surface area contributed by atoms with Crippen LogP contribution in [-0.2, 0) is 4.74 Å². The fourth-order valence-electron chi connectivity index (χ4n) is 3.34. The SMILES string of the molecule is Cc1cc(N2CCC(OCC(C)C)CC2)c2cccc([N+](=O)[O-])c2n1.